The SMILES string of the molecule is Cc1cc(C)nc(NS(=O)(=O)c2ccc(NC(=O)C(Cl)=Cc3ccccc3)cc2)n1. The summed E-state index contributed by atoms with van der Waals surface area (Å²) in [4.78, 5) is 20.4. The molecule has 0 unspecified atom stereocenters. The molecule has 1 heterocycles. The van der Waals surface area contributed by atoms with Gasteiger partial charge in [-0.3, -0.25) is 4.79 Å². The van der Waals surface area contributed by atoms with Crippen LogP contribution >= 0.6 is 11.6 Å². The Morgan fingerprint density at radius 2 is 1.57 bits per heavy atom. The van der Waals surface area contributed by atoms with Gasteiger partial charge in [0.25, 0.3) is 15.9 Å². The van der Waals surface area contributed by atoms with Crippen LogP contribution in [0.5, 0.6) is 0 Å². The molecule has 154 valence electrons. The number of amides is 1. The maximum atomic E-state index is 12.6. The van der Waals surface area contributed by atoms with E-state index in [-0.39, 0.29) is 15.9 Å². The van der Waals surface area contributed by atoms with E-state index < -0.39 is 15.9 Å². The molecule has 30 heavy (non-hydrogen) atoms. The highest BCUT2D eigenvalue weighted by Crippen LogP contribution is 2.19. The zero-order valence-corrected chi connectivity index (χ0v) is 17.8. The zero-order chi connectivity index (χ0) is 21.7. The summed E-state index contributed by atoms with van der Waals surface area (Å²) < 4.78 is 27.5. The normalized spacial score (nSPS) is 11.8. The van der Waals surface area contributed by atoms with Gasteiger partial charge in [0.15, 0.2) is 0 Å². The lowest BCUT2D eigenvalue weighted by atomic mass is 10.2. The van der Waals surface area contributed by atoms with Crippen LogP contribution in [0.3, 0.4) is 0 Å². The van der Waals surface area contributed by atoms with Crippen LogP contribution in [0.15, 0.2) is 70.6 Å². The lowest BCUT2D eigenvalue weighted by Gasteiger charge is -2.09. The first-order valence-corrected chi connectivity index (χ1v) is 10.8. The predicted octanol–water partition coefficient (Wildman–Crippen LogP) is 4.11. The third kappa shape index (κ3) is 5.65. The van der Waals surface area contributed by atoms with Crippen LogP contribution in [0.25, 0.3) is 6.08 Å². The fourth-order valence-electron chi connectivity index (χ4n) is 2.62. The molecule has 7 nitrogen and oxygen atoms in total. The summed E-state index contributed by atoms with van der Waals surface area (Å²) in [5.74, 6) is -0.499. The Kier molecular flexibility index (Phi) is 6.49. The first-order chi connectivity index (χ1) is 14.2. The summed E-state index contributed by atoms with van der Waals surface area (Å²) in [6, 6.07) is 16.6. The number of anilines is 2. The van der Waals surface area contributed by atoms with Crippen molar-refractivity contribution in [3.8, 4) is 0 Å². The molecule has 0 aliphatic rings. The molecule has 0 saturated heterocycles. The third-order valence-corrected chi connectivity index (χ3v) is 5.57. The van der Waals surface area contributed by atoms with Crippen LogP contribution in [0.2, 0.25) is 0 Å². The van der Waals surface area contributed by atoms with Gasteiger partial charge in [-0.05, 0) is 55.8 Å². The number of nitrogens with zero attached hydrogens (tertiary/aromatic N) is 2. The lowest BCUT2D eigenvalue weighted by Crippen LogP contribution is -2.16. The number of sulfonamides is 1. The highest BCUT2D eigenvalue weighted by Gasteiger charge is 2.16. The number of nitrogens with one attached hydrogen (secondary N) is 2. The van der Waals surface area contributed by atoms with Crippen LogP contribution in [0, 0.1) is 13.8 Å². The zero-order valence-electron chi connectivity index (χ0n) is 16.3. The lowest BCUT2D eigenvalue weighted by molar-refractivity contribution is -0.112. The van der Waals surface area contributed by atoms with E-state index in [1.807, 2.05) is 30.3 Å². The van der Waals surface area contributed by atoms with Gasteiger partial charge < -0.3 is 5.32 Å². The molecule has 0 bridgehead atoms. The molecule has 0 radical (unpaired) electrons. The predicted molar refractivity (Wildman–Crippen MR) is 118 cm³/mol. The van der Waals surface area contributed by atoms with E-state index >= 15 is 0 Å². The van der Waals surface area contributed by atoms with E-state index in [1.165, 1.54) is 24.3 Å². The van der Waals surface area contributed by atoms with Crippen LogP contribution in [0.1, 0.15) is 17.0 Å². The van der Waals surface area contributed by atoms with E-state index in [0.717, 1.165) is 5.56 Å². The second-order valence-corrected chi connectivity index (χ2v) is 8.55. The molecule has 9 heteroatoms. The van der Waals surface area contributed by atoms with Gasteiger partial charge in [0, 0.05) is 17.1 Å². The summed E-state index contributed by atoms with van der Waals surface area (Å²) >= 11 is 6.06. The molecule has 1 amide bonds. The smallest absolute Gasteiger partial charge is 0.267 e. The van der Waals surface area contributed by atoms with E-state index in [9.17, 15) is 13.2 Å². The van der Waals surface area contributed by atoms with Gasteiger partial charge in [0.2, 0.25) is 5.95 Å². The van der Waals surface area contributed by atoms with E-state index in [4.69, 9.17) is 11.6 Å². The Morgan fingerprint density at radius 3 is 2.17 bits per heavy atom. The van der Waals surface area contributed by atoms with Crippen molar-refractivity contribution < 1.29 is 13.2 Å². The first kappa shape index (κ1) is 21.5. The standard InChI is InChI=1S/C21H19ClN4O3S/c1-14-12-15(2)24-21(23-14)26-30(28,29)18-10-8-17(9-11-18)25-20(27)19(22)13-16-6-4-3-5-7-16/h3-13H,1-2H3,(H,25,27)(H,23,24,26). The maximum absolute atomic E-state index is 12.6. The topological polar surface area (TPSA) is 101 Å². The minimum Gasteiger partial charge on any atom is -0.321 e. The first-order valence-electron chi connectivity index (χ1n) is 8.92. The number of halogens is 1. The summed E-state index contributed by atoms with van der Waals surface area (Å²) in [6.45, 7) is 3.50. The molecule has 0 saturated carbocycles. The number of carbonyl (C=O) groups is 1. The van der Waals surface area contributed by atoms with Crippen molar-refractivity contribution in [1.82, 2.24) is 9.97 Å². The van der Waals surface area contributed by atoms with E-state index in [2.05, 4.69) is 20.0 Å². The molecule has 0 aliphatic heterocycles. The molecule has 0 fully saturated rings. The van der Waals surface area contributed by atoms with Crippen molar-refractivity contribution >= 4 is 45.2 Å². The van der Waals surface area contributed by atoms with Crippen molar-refractivity contribution in [3.63, 3.8) is 0 Å². The summed E-state index contributed by atoms with van der Waals surface area (Å²) in [5, 5.41) is 2.63. The van der Waals surface area contributed by atoms with Gasteiger partial charge >= 0.3 is 0 Å². The van der Waals surface area contributed by atoms with Crippen molar-refractivity contribution in [2.75, 3.05) is 10.0 Å². The van der Waals surface area contributed by atoms with Crippen molar-refractivity contribution in [3.05, 3.63) is 82.6 Å². The van der Waals surface area contributed by atoms with Crippen molar-refractivity contribution in [2.45, 2.75) is 18.7 Å². The number of rotatable bonds is 6. The second-order valence-electron chi connectivity index (χ2n) is 6.46. The van der Waals surface area contributed by atoms with Crippen molar-refractivity contribution in [2.24, 2.45) is 0 Å². The summed E-state index contributed by atoms with van der Waals surface area (Å²) in [7, 11) is -3.87. The van der Waals surface area contributed by atoms with Gasteiger partial charge in [0.1, 0.15) is 5.03 Å². The molecule has 1 aromatic heterocycles. The van der Waals surface area contributed by atoms with Gasteiger partial charge in [-0.15, -0.1) is 0 Å². The van der Waals surface area contributed by atoms with Gasteiger partial charge in [-0.2, -0.15) is 0 Å². The largest absolute Gasteiger partial charge is 0.321 e. The molecule has 0 spiro atoms. The number of aromatic nitrogens is 2. The Hall–Kier alpha value is -3.23. The number of hydrogen-bond acceptors (Lipinski definition) is 5. The maximum Gasteiger partial charge on any atom is 0.267 e. The summed E-state index contributed by atoms with van der Waals surface area (Å²) in [6.07, 6.45) is 1.55. The molecule has 0 aliphatic carbocycles. The van der Waals surface area contributed by atoms with Gasteiger partial charge in [0.05, 0.1) is 4.90 Å². The van der Waals surface area contributed by atoms with Crippen molar-refractivity contribution in [1.29, 1.82) is 0 Å². The molecule has 3 aromatic rings. The molecule has 3 rings (SSSR count). The second kappa shape index (κ2) is 9.06. The highest BCUT2D eigenvalue weighted by atomic mass is 35.5. The number of aryl methyl sites for hydroxylation is 2. The fourth-order valence-corrected chi connectivity index (χ4v) is 3.74. The minimum atomic E-state index is -3.87. The van der Waals surface area contributed by atoms with Gasteiger partial charge in [-0.1, -0.05) is 41.9 Å². The Morgan fingerprint density at radius 1 is 0.967 bits per heavy atom. The summed E-state index contributed by atoms with van der Waals surface area (Å²) in [5.41, 5.74) is 2.50. The van der Waals surface area contributed by atoms with Crippen LogP contribution in [-0.2, 0) is 14.8 Å². The number of carbonyl (C=O) groups excluding carboxylic acids is 1. The van der Waals surface area contributed by atoms with Gasteiger partial charge in [-0.25, -0.2) is 23.1 Å². The number of hydrogen-bond donors (Lipinski definition) is 2. The van der Waals surface area contributed by atoms with Crippen LogP contribution < -0.4 is 10.0 Å². The Labute approximate surface area is 179 Å². The quantitative estimate of drug-likeness (QED) is 0.559. The Balaban J connectivity index is 1.71. The molecule has 0 atom stereocenters. The van der Waals surface area contributed by atoms with E-state index in [0.29, 0.717) is 17.1 Å². The fraction of sp³-hybridized carbons (Fsp3) is 0.0952. The van der Waals surface area contributed by atoms with Crippen LogP contribution in [-0.4, -0.2) is 24.3 Å². The van der Waals surface area contributed by atoms with E-state index in [1.54, 1.807) is 26.0 Å². The molecular formula is C21H19ClN4O3S. The number of benzene rings is 2. The third-order valence-electron chi connectivity index (χ3n) is 3.94. The molecule has 2 aromatic carbocycles. The average molecular weight is 443 g/mol. The molecular weight excluding hydrogens is 424 g/mol. The average Bonchev–Trinajstić information content (AvgIpc) is 2.68. The molecule has 2 N–H and O–H groups in total. The minimum absolute atomic E-state index is 0.00251. The highest BCUT2D eigenvalue weighted by molar-refractivity contribution is 7.92. The Bertz CT molecular complexity index is 1170. The van der Waals surface area contributed by atoms with Crippen LogP contribution in [0.4, 0.5) is 11.6 Å². The monoisotopic (exact) mass is 442 g/mol.